The average molecular weight is 273 g/mol. The summed E-state index contributed by atoms with van der Waals surface area (Å²) >= 11 is 0. The third kappa shape index (κ3) is 4.88. The summed E-state index contributed by atoms with van der Waals surface area (Å²) in [5.74, 6) is 6.84. The Labute approximate surface area is 121 Å². The number of para-hydroxylation sites is 1. The number of aliphatic hydroxyl groups is 1. The first-order chi connectivity index (χ1) is 9.90. The maximum Gasteiger partial charge on any atom is 0.134 e. The molecule has 0 unspecified atom stereocenters. The third-order valence-electron chi connectivity index (χ3n) is 3.42. The van der Waals surface area contributed by atoms with Crippen LogP contribution in [0, 0.1) is 11.8 Å². The van der Waals surface area contributed by atoms with Crippen LogP contribution in [-0.2, 0) is 0 Å². The molecule has 0 aliphatic carbocycles. The molecule has 1 aromatic carbocycles. The first-order valence-corrected chi connectivity index (χ1v) is 7.44. The lowest BCUT2D eigenvalue weighted by Crippen LogP contribution is -2.21. The van der Waals surface area contributed by atoms with Crippen LogP contribution in [0.1, 0.15) is 31.2 Å². The lowest BCUT2D eigenvalue weighted by Gasteiger charge is -2.14. The van der Waals surface area contributed by atoms with Crippen molar-refractivity contribution in [3.63, 3.8) is 0 Å². The van der Waals surface area contributed by atoms with E-state index in [4.69, 9.17) is 9.84 Å². The van der Waals surface area contributed by atoms with Gasteiger partial charge in [0.15, 0.2) is 0 Å². The van der Waals surface area contributed by atoms with Crippen LogP contribution in [0.4, 0.5) is 0 Å². The normalized spacial score (nSPS) is 14.8. The van der Waals surface area contributed by atoms with E-state index in [1.54, 1.807) is 0 Å². The molecule has 1 aliphatic heterocycles. The summed E-state index contributed by atoms with van der Waals surface area (Å²) in [6.07, 6.45) is 4.23. The van der Waals surface area contributed by atoms with Crippen LogP contribution in [0.15, 0.2) is 24.3 Å². The van der Waals surface area contributed by atoms with E-state index in [-0.39, 0.29) is 6.61 Å². The Kier molecular flexibility index (Phi) is 6.43. The topological polar surface area (TPSA) is 32.7 Å². The van der Waals surface area contributed by atoms with Crippen molar-refractivity contribution in [3.8, 4) is 17.6 Å². The minimum absolute atomic E-state index is 0.103. The van der Waals surface area contributed by atoms with Crippen molar-refractivity contribution in [2.45, 2.75) is 25.7 Å². The largest absolute Gasteiger partial charge is 0.492 e. The van der Waals surface area contributed by atoms with Crippen molar-refractivity contribution in [2.24, 2.45) is 0 Å². The van der Waals surface area contributed by atoms with Crippen LogP contribution < -0.4 is 4.74 Å². The van der Waals surface area contributed by atoms with Crippen molar-refractivity contribution in [1.29, 1.82) is 0 Å². The quantitative estimate of drug-likeness (QED) is 0.637. The van der Waals surface area contributed by atoms with Crippen LogP contribution in [0.25, 0.3) is 0 Å². The maximum absolute atomic E-state index is 8.75. The van der Waals surface area contributed by atoms with E-state index in [2.05, 4.69) is 16.7 Å². The second-order valence-corrected chi connectivity index (χ2v) is 5.02. The van der Waals surface area contributed by atoms with Crippen molar-refractivity contribution >= 4 is 0 Å². The second-order valence-electron chi connectivity index (χ2n) is 5.02. The highest BCUT2D eigenvalue weighted by Crippen LogP contribution is 2.17. The molecule has 2 rings (SSSR count). The predicted octanol–water partition coefficient (Wildman–Crippen LogP) is 2.29. The van der Waals surface area contributed by atoms with Crippen molar-refractivity contribution in [1.82, 2.24) is 4.90 Å². The fourth-order valence-electron chi connectivity index (χ4n) is 2.39. The molecule has 1 heterocycles. The number of nitrogens with zero attached hydrogens (tertiary/aromatic N) is 1. The van der Waals surface area contributed by atoms with E-state index in [9.17, 15) is 0 Å². The molecule has 0 bridgehead atoms. The second kappa shape index (κ2) is 8.63. The fourth-order valence-corrected chi connectivity index (χ4v) is 2.39. The molecular weight excluding hydrogens is 250 g/mol. The molecule has 1 N–H and O–H groups in total. The smallest absolute Gasteiger partial charge is 0.134 e. The molecule has 3 heteroatoms. The van der Waals surface area contributed by atoms with Crippen LogP contribution in [0.3, 0.4) is 0 Å². The van der Waals surface area contributed by atoms with Gasteiger partial charge in [-0.3, -0.25) is 0 Å². The Morgan fingerprint density at radius 1 is 1.20 bits per heavy atom. The Morgan fingerprint density at radius 2 is 2.00 bits per heavy atom. The van der Waals surface area contributed by atoms with Gasteiger partial charge in [0.1, 0.15) is 5.75 Å². The van der Waals surface area contributed by atoms with E-state index in [0.717, 1.165) is 30.9 Å². The molecule has 3 nitrogen and oxygen atoms in total. The lowest BCUT2D eigenvalue weighted by molar-refractivity contribution is 0.263. The molecule has 0 amide bonds. The Hall–Kier alpha value is -1.50. The van der Waals surface area contributed by atoms with Crippen molar-refractivity contribution in [2.75, 3.05) is 32.8 Å². The summed E-state index contributed by atoms with van der Waals surface area (Å²) in [7, 11) is 0. The highest BCUT2D eigenvalue weighted by Gasteiger charge is 2.10. The first kappa shape index (κ1) is 14.9. The number of aliphatic hydroxyl groups excluding tert-OH is 1. The van der Waals surface area contributed by atoms with Gasteiger partial charge in [0.25, 0.3) is 0 Å². The minimum Gasteiger partial charge on any atom is -0.492 e. The van der Waals surface area contributed by atoms with Gasteiger partial charge >= 0.3 is 0 Å². The summed E-state index contributed by atoms with van der Waals surface area (Å²) in [6.45, 7) is 4.44. The Balaban J connectivity index is 1.78. The molecule has 1 saturated heterocycles. The number of hydrogen-bond donors (Lipinski definition) is 1. The van der Waals surface area contributed by atoms with Crippen LogP contribution in [0.5, 0.6) is 5.75 Å². The molecule has 108 valence electrons. The number of ether oxygens (including phenoxy) is 1. The van der Waals surface area contributed by atoms with Crippen molar-refractivity contribution in [3.05, 3.63) is 29.8 Å². The zero-order valence-corrected chi connectivity index (χ0v) is 12.0. The van der Waals surface area contributed by atoms with E-state index >= 15 is 0 Å². The van der Waals surface area contributed by atoms with E-state index in [0.29, 0.717) is 6.42 Å². The highest BCUT2D eigenvalue weighted by atomic mass is 16.5. The molecular formula is C17H23NO2. The van der Waals surface area contributed by atoms with Crippen LogP contribution >= 0.6 is 0 Å². The first-order valence-electron chi connectivity index (χ1n) is 7.44. The SMILES string of the molecule is OCCC#Cc1ccccc1OCCCN1CCCC1. The predicted molar refractivity (Wildman–Crippen MR) is 80.8 cm³/mol. The molecule has 20 heavy (non-hydrogen) atoms. The molecule has 0 atom stereocenters. The van der Waals surface area contributed by atoms with Gasteiger partial charge in [0.05, 0.1) is 18.8 Å². The zero-order chi connectivity index (χ0) is 14.0. The summed E-state index contributed by atoms with van der Waals surface area (Å²) < 4.78 is 5.84. The van der Waals surface area contributed by atoms with Gasteiger partial charge in [0, 0.05) is 13.0 Å². The Bertz CT molecular complexity index is 456. The Morgan fingerprint density at radius 3 is 2.80 bits per heavy atom. The molecule has 1 fully saturated rings. The summed E-state index contributed by atoms with van der Waals surface area (Å²) in [5.41, 5.74) is 0.905. The lowest BCUT2D eigenvalue weighted by atomic mass is 10.2. The summed E-state index contributed by atoms with van der Waals surface area (Å²) in [4.78, 5) is 2.50. The maximum atomic E-state index is 8.75. The third-order valence-corrected chi connectivity index (χ3v) is 3.42. The zero-order valence-electron chi connectivity index (χ0n) is 12.0. The highest BCUT2D eigenvalue weighted by molar-refractivity contribution is 5.45. The monoisotopic (exact) mass is 273 g/mol. The number of rotatable bonds is 6. The molecule has 0 saturated carbocycles. The van der Waals surface area contributed by atoms with E-state index < -0.39 is 0 Å². The fraction of sp³-hybridized carbons (Fsp3) is 0.529. The van der Waals surface area contributed by atoms with Gasteiger partial charge in [-0.15, -0.1) is 0 Å². The summed E-state index contributed by atoms with van der Waals surface area (Å²) in [5, 5.41) is 8.75. The van der Waals surface area contributed by atoms with Gasteiger partial charge in [-0.2, -0.15) is 0 Å². The molecule has 0 radical (unpaired) electrons. The van der Waals surface area contributed by atoms with E-state index in [1.807, 2.05) is 24.3 Å². The number of benzene rings is 1. The minimum atomic E-state index is 0.103. The molecule has 1 aliphatic rings. The van der Waals surface area contributed by atoms with Gasteiger partial charge in [-0.25, -0.2) is 0 Å². The average Bonchev–Trinajstić information content (AvgIpc) is 2.98. The van der Waals surface area contributed by atoms with Gasteiger partial charge in [-0.1, -0.05) is 24.0 Å². The molecule has 0 spiro atoms. The standard InChI is InChI=1S/C17H23NO2/c19-14-6-3-9-16-8-1-2-10-17(16)20-15-7-13-18-11-4-5-12-18/h1-2,8,10,19H,4-7,11-15H2. The molecule has 1 aromatic rings. The number of likely N-dealkylation sites (tertiary alicyclic amines) is 1. The summed E-state index contributed by atoms with van der Waals surface area (Å²) in [6, 6.07) is 7.84. The van der Waals surface area contributed by atoms with E-state index in [1.165, 1.54) is 25.9 Å². The van der Waals surface area contributed by atoms with Gasteiger partial charge < -0.3 is 14.7 Å². The van der Waals surface area contributed by atoms with Gasteiger partial charge in [0.2, 0.25) is 0 Å². The van der Waals surface area contributed by atoms with Gasteiger partial charge in [-0.05, 0) is 44.5 Å². The van der Waals surface area contributed by atoms with Crippen LogP contribution in [0.2, 0.25) is 0 Å². The molecule has 0 aromatic heterocycles. The van der Waals surface area contributed by atoms with Crippen LogP contribution in [-0.4, -0.2) is 42.9 Å². The van der Waals surface area contributed by atoms with Crippen molar-refractivity contribution < 1.29 is 9.84 Å². The number of hydrogen-bond acceptors (Lipinski definition) is 3.